The molecule has 4 aromatic rings. The van der Waals surface area contributed by atoms with Crippen LogP contribution in [0.15, 0.2) is 79.0 Å². The summed E-state index contributed by atoms with van der Waals surface area (Å²) in [6, 6.07) is 23.6. The second-order valence-corrected chi connectivity index (χ2v) is 8.29. The van der Waals surface area contributed by atoms with Gasteiger partial charge in [-0.2, -0.15) is 0 Å². The maximum atomic E-state index is 12.9. The van der Waals surface area contributed by atoms with E-state index >= 15 is 0 Å². The number of fused-ring (bicyclic) bond motifs is 2. The number of aromatic nitrogens is 1. The molecule has 2 heterocycles. The molecule has 1 aromatic heterocycles. The first-order valence-corrected chi connectivity index (χ1v) is 10.8. The van der Waals surface area contributed by atoms with Crippen molar-refractivity contribution in [1.29, 1.82) is 0 Å². The number of benzene rings is 3. The normalized spacial score (nSPS) is 13.7. The van der Waals surface area contributed by atoms with Crippen LogP contribution in [0.4, 0.5) is 5.69 Å². The van der Waals surface area contributed by atoms with Crippen LogP contribution in [0, 0.1) is 0 Å². The minimum absolute atomic E-state index is 0.0901. The van der Waals surface area contributed by atoms with E-state index in [0.29, 0.717) is 10.7 Å². The zero-order valence-corrected chi connectivity index (χ0v) is 17.8. The van der Waals surface area contributed by atoms with Crippen LogP contribution >= 0.6 is 11.6 Å². The maximum absolute atomic E-state index is 12.9. The number of anilines is 1. The minimum Gasteiger partial charge on any atom is -0.322 e. The Balaban J connectivity index is 1.35. The number of carbonyl (C=O) groups is 1. The molecule has 31 heavy (non-hydrogen) atoms. The molecule has 1 aliphatic rings. The summed E-state index contributed by atoms with van der Waals surface area (Å²) in [5.74, 6) is -0.0901. The first-order valence-electron chi connectivity index (χ1n) is 10.4. The van der Waals surface area contributed by atoms with Gasteiger partial charge in [0.25, 0.3) is 5.91 Å². The number of halogens is 1. The zero-order valence-electron chi connectivity index (χ0n) is 17.0. The van der Waals surface area contributed by atoms with E-state index in [2.05, 4.69) is 45.5 Å². The smallest absolute Gasteiger partial charge is 0.255 e. The molecule has 3 aromatic carbocycles. The van der Waals surface area contributed by atoms with Gasteiger partial charge in [-0.1, -0.05) is 48.0 Å². The molecule has 0 spiro atoms. The van der Waals surface area contributed by atoms with Crippen LogP contribution in [0.3, 0.4) is 0 Å². The largest absolute Gasteiger partial charge is 0.322 e. The summed E-state index contributed by atoms with van der Waals surface area (Å²) in [6.07, 6.45) is 2.73. The Morgan fingerprint density at radius 3 is 2.81 bits per heavy atom. The third-order valence-corrected chi connectivity index (χ3v) is 6.04. The van der Waals surface area contributed by atoms with Gasteiger partial charge < -0.3 is 5.32 Å². The number of hydrogen-bond acceptors (Lipinski definition) is 3. The summed E-state index contributed by atoms with van der Waals surface area (Å²) in [5, 5.41) is 4.78. The molecule has 1 amide bonds. The molecule has 0 atom stereocenters. The van der Waals surface area contributed by atoms with Crippen LogP contribution in [-0.4, -0.2) is 22.3 Å². The summed E-state index contributed by atoms with van der Waals surface area (Å²) >= 11 is 6.05. The fraction of sp³-hybridized carbons (Fsp3) is 0.154. The molecule has 5 heteroatoms. The Bertz CT molecular complexity index is 1270. The molecule has 5 rings (SSSR count). The van der Waals surface area contributed by atoms with E-state index < -0.39 is 0 Å². The molecule has 4 nitrogen and oxygen atoms in total. The topological polar surface area (TPSA) is 45.2 Å². The van der Waals surface area contributed by atoms with Gasteiger partial charge >= 0.3 is 0 Å². The lowest BCUT2D eigenvalue weighted by atomic mass is 9.93. The Labute approximate surface area is 186 Å². The average Bonchev–Trinajstić information content (AvgIpc) is 2.79. The van der Waals surface area contributed by atoms with Crippen molar-refractivity contribution in [3.05, 3.63) is 106 Å². The summed E-state index contributed by atoms with van der Waals surface area (Å²) in [4.78, 5) is 19.8. The van der Waals surface area contributed by atoms with Gasteiger partial charge in [-0.05, 0) is 59.5 Å². The van der Waals surface area contributed by atoms with Gasteiger partial charge in [0, 0.05) is 47.5 Å². The average molecular weight is 428 g/mol. The number of para-hydroxylation sites is 1. The van der Waals surface area contributed by atoms with Crippen molar-refractivity contribution < 1.29 is 4.79 Å². The third kappa shape index (κ3) is 4.18. The van der Waals surface area contributed by atoms with Gasteiger partial charge in [0.2, 0.25) is 0 Å². The number of nitrogens with one attached hydrogen (secondary N) is 1. The second-order valence-electron chi connectivity index (χ2n) is 7.86. The summed E-state index contributed by atoms with van der Waals surface area (Å²) < 4.78 is 0. The van der Waals surface area contributed by atoms with Crippen molar-refractivity contribution in [3.8, 4) is 0 Å². The van der Waals surface area contributed by atoms with E-state index in [-0.39, 0.29) is 5.91 Å². The van der Waals surface area contributed by atoms with Crippen LogP contribution in [0.1, 0.15) is 27.0 Å². The fourth-order valence-corrected chi connectivity index (χ4v) is 4.50. The summed E-state index contributed by atoms with van der Waals surface area (Å²) in [7, 11) is 0. The minimum atomic E-state index is -0.0901. The number of amides is 1. The van der Waals surface area contributed by atoms with E-state index in [0.717, 1.165) is 42.7 Å². The zero-order chi connectivity index (χ0) is 21.2. The number of hydrogen-bond donors (Lipinski definition) is 1. The molecule has 0 fully saturated rings. The lowest BCUT2D eigenvalue weighted by molar-refractivity contribution is 0.102. The van der Waals surface area contributed by atoms with Gasteiger partial charge in [-0.3, -0.25) is 14.7 Å². The molecule has 1 aliphatic heterocycles. The highest BCUT2D eigenvalue weighted by Crippen LogP contribution is 2.26. The van der Waals surface area contributed by atoms with Crippen LogP contribution in [0.5, 0.6) is 0 Å². The maximum Gasteiger partial charge on any atom is 0.255 e. The van der Waals surface area contributed by atoms with E-state index in [1.807, 2.05) is 36.5 Å². The molecule has 0 saturated carbocycles. The monoisotopic (exact) mass is 427 g/mol. The van der Waals surface area contributed by atoms with Gasteiger partial charge in [0.05, 0.1) is 5.52 Å². The number of rotatable bonds is 4. The lowest BCUT2D eigenvalue weighted by Gasteiger charge is -2.30. The van der Waals surface area contributed by atoms with Gasteiger partial charge in [-0.25, -0.2) is 0 Å². The molecular weight excluding hydrogens is 406 g/mol. The van der Waals surface area contributed by atoms with E-state index in [1.54, 1.807) is 12.1 Å². The molecule has 154 valence electrons. The van der Waals surface area contributed by atoms with E-state index in [4.69, 9.17) is 11.6 Å². The highest BCUT2D eigenvalue weighted by Gasteiger charge is 2.22. The molecule has 0 saturated heterocycles. The highest BCUT2D eigenvalue weighted by molar-refractivity contribution is 6.31. The number of pyridine rings is 1. The first-order chi connectivity index (χ1) is 15.2. The number of nitrogens with zero attached hydrogens (tertiary/aromatic N) is 2. The van der Waals surface area contributed by atoms with Crippen molar-refractivity contribution in [3.63, 3.8) is 0 Å². The number of carbonyl (C=O) groups excluding carboxylic acids is 1. The standard InChI is InChI=1S/C26H22ClN3O/c27-20-6-4-7-21(15-20)29-26(31)24-9-3-5-18-16-30(14-12-22(18)24)17-19-11-13-28-25-10-2-1-8-23(19)25/h1-11,13,15H,12,14,16-17H2,(H,29,31). The molecule has 0 bridgehead atoms. The van der Waals surface area contributed by atoms with Gasteiger partial charge in [0.1, 0.15) is 0 Å². The van der Waals surface area contributed by atoms with Crippen LogP contribution < -0.4 is 5.32 Å². The predicted molar refractivity (Wildman–Crippen MR) is 125 cm³/mol. The van der Waals surface area contributed by atoms with Crippen molar-refractivity contribution in [2.24, 2.45) is 0 Å². The van der Waals surface area contributed by atoms with Crippen molar-refractivity contribution in [2.45, 2.75) is 19.5 Å². The van der Waals surface area contributed by atoms with Crippen molar-refractivity contribution >= 4 is 34.1 Å². The molecule has 0 radical (unpaired) electrons. The Kier molecular flexibility index (Phi) is 5.41. The SMILES string of the molecule is O=C(Nc1cccc(Cl)c1)c1cccc2c1CCN(Cc1ccnc3ccccc13)C2. The summed E-state index contributed by atoms with van der Waals surface area (Å²) in [5.41, 5.74) is 6.10. The fourth-order valence-electron chi connectivity index (χ4n) is 4.31. The van der Waals surface area contributed by atoms with Crippen LogP contribution in [-0.2, 0) is 19.5 Å². The Hall–Kier alpha value is -3.21. The van der Waals surface area contributed by atoms with E-state index in [1.165, 1.54) is 16.5 Å². The molecule has 1 N–H and O–H groups in total. The second kappa shape index (κ2) is 8.50. The highest BCUT2D eigenvalue weighted by atomic mass is 35.5. The van der Waals surface area contributed by atoms with Gasteiger partial charge in [-0.15, -0.1) is 0 Å². The van der Waals surface area contributed by atoms with Crippen molar-refractivity contribution in [1.82, 2.24) is 9.88 Å². The molecular formula is C26H22ClN3O. The van der Waals surface area contributed by atoms with Crippen LogP contribution in [0.25, 0.3) is 10.9 Å². The quantitative estimate of drug-likeness (QED) is 0.454. The Morgan fingerprint density at radius 1 is 1.03 bits per heavy atom. The Morgan fingerprint density at radius 2 is 1.90 bits per heavy atom. The van der Waals surface area contributed by atoms with Gasteiger partial charge in [0.15, 0.2) is 0 Å². The predicted octanol–water partition coefficient (Wildman–Crippen LogP) is 5.70. The van der Waals surface area contributed by atoms with Crippen molar-refractivity contribution in [2.75, 3.05) is 11.9 Å². The lowest BCUT2D eigenvalue weighted by Crippen LogP contribution is -2.31. The summed E-state index contributed by atoms with van der Waals surface area (Å²) in [6.45, 7) is 2.59. The third-order valence-electron chi connectivity index (χ3n) is 5.81. The van der Waals surface area contributed by atoms with Crippen LogP contribution in [0.2, 0.25) is 5.02 Å². The van der Waals surface area contributed by atoms with E-state index in [9.17, 15) is 4.79 Å². The molecule has 0 aliphatic carbocycles. The first kappa shape index (κ1) is 19.7. The molecule has 0 unspecified atom stereocenters.